The van der Waals surface area contributed by atoms with Crippen LogP contribution in [0.5, 0.6) is 11.6 Å². The highest BCUT2D eigenvalue weighted by atomic mass is 19.4. The van der Waals surface area contributed by atoms with Crippen molar-refractivity contribution in [2.75, 3.05) is 0 Å². The fourth-order valence-electron chi connectivity index (χ4n) is 3.65. The highest BCUT2D eigenvalue weighted by Crippen LogP contribution is 2.38. The van der Waals surface area contributed by atoms with Crippen LogP contribution in [0, 0.1) is 13.8 Å². The maximum Gasteiger partial charge on any atom is 0.416 e. The van der Waals surface area contributed by atoms with Crippen molar-refractivity contribution in [3.05, 3.63) is 82.9 Å². The van der Waals surface area contributed by atoms with E-state index in [9.17, 15) is 23.4 Å². The van der Waals surface area contributed by atoms with Crippen LogP contribution in [-0.2, 0) is 6.18 Å². The lowest BCUT2D eigenvalue weighted by Crippen LogP contribution is -2.05. The Kier molecular flexibility index (Phi) is 4.97. The van der Waals surface area contributed by atoms with Gasteiger partial charge in [-0.05, 0) is 61.4 Å². The van der Waals surface area contributed by atoms with Gasteiger partial charge in [0.1, 0.15) is 11.4 Å². The number of hydrogen-bond acceptors (Lipinski definition) is 3. The van der Waals surface area contributed by atoms with Crippen molar-refractivity contribution in [3.63, 3.8) is 0 Å². The molecule has 4 rings (SSSR count). The molecular weight excluding hydrogens is 405 g/mol. The number of hydrogen-bond donors (Lipinski definition) is 2. The minimum Gasteiger partial charge on any atom is -0.506 e. The first-order valence-corrected chi connectivity index (χ1v) is 9.50. The Morgan fingerprint density at radius 1 is 0.903 bits per heavy atom. The van der Waals surface area contributed by atoms with Gasteiger partial charge in [-0.15, -0.1) is 0 Å². The van der Waals surface area contributed by atoms with Crippen LogP contribution in [0.25, 0.3) is 16.6 Å². The summed E-state index contributed by atoms with van der Waals surface area (Å²) in [7, 11) is 0. The summed E-state index contributed by atoms with van der Waals surface area (Å²) in [6.07, 6.45) is -3.18. The summed E-state index contributed by atoms with van der Waals surface area (Å²) >= 11 is 0. The molecular formula is C24H19F3N2O2. The molecule has 0 atom stereocenters. The Bertz CT molecular complexity index is 1300. The van der Waals surface area contributed by atoms with Crippen molar-refractivity contribution in [2.24, 2.45) is 4.99 Å². The van der Waals surface area contributed by atoms with Gasteiger partial charge in [-0.1, -0.05) is 24.3 Å². The van der Waals surface area contributed by atoms with Gasteiger partial charge in [-0.3, -0.25) is 9.56 Å². The SMILES string of the molecule is Cc1cc(C)cc(-n2c(O)c(C=Nc3ccccc3O)c3ccc(C(F)(F)F)cc32)c1. The average Bonchev–Trinajstić information content (AvgIpc) is 2.96. The van der Waals surface area contributed by atoms with E-state index in [0.717, 1.165) is 23.3 Å². The Labute approximate surface area is 176 Å². The van der Waals surface area contributed by atoms with Crippen molar-refractivity contribution in [3.8, 4) is 17.3 Å². The fourth-order valence-corrected chi connectivity index (χ4v) is 3.65. The van der Waals surface area contributed by atoms with Gasteiger partial charge in [0.2, 0.25) is 5.88 Å². The highest BCUT2D eigenvalue weighted by molar-refractivity contribution is 6.04. The zero-order valence-corrected chi connectivity index (χ0v) is 16.8. The van der Waals surface area contributed by atoms with Gasteiger partial charge < -0.3 is 10.2 Å². The third-order valence-corrected chi connectivity index (χ3v) is 4.99. The molecule has 0 radical (unpaired) electrons. The number of halogens is 3. The molecule has 0 amide bonds. The monoisotopic (exact) mass is 424 g/mol. The smallest absolute Gasteiger partial charge is 0.416 e. The van der Waals surface area contributed by atoms with Gasteiger partial charge in [0, 0.05) is 17.3 Å². The minimum absolute atomic E-state index is 0.0457. The normalized spacial score (nSPS) is 12.2. The predicted molar refractivity (Wildman–Crippen MR) is 115 cm³/mol. The standard InChI is InChI=1S/C24H19F3N2O2/c1-14-9-15(2)11-17(10-14)29-21-12-16(24(25,26)27)7-8-18(21)19(23(29)31)13-28-20-5-3-4-6-22(20)30/h3-13,30-31H,1-2H3. The van der Waals surface area contributed by atoms with Crippen LogP contribution >= 0.6 is 0 Å². The molecule has 0 aliphatic heterocycles. The van der Waals surface area contributed by atoms with E-state index in [1.165, 1.54) is 22.9 Å². The average molecular weight is 424 g/mol. The Morgan fingerprint density at radius 2 is 1.58 bits per heavy atom. The molecule has 1 aromatic heterocycles. The minimum atomic E-state index is -4.52. The summed E-state index contributed by atoms with van der Waals surface area (Å²) in [6, 6.07) is 15.2. The van der Waals surface area contributed by atoms with Crippen molar-refractivity contribution in [1.29, 1.82) is 0 Å². The summed E-state index contributed by atoms with van der Waals surface area (Å²) in [6.45, 7) is 3.75. The zero-order chi connectivity index (χ0) is 22.3. The third-order valence-electron chi connectivity index (χ3n) is 4.99. The van der Waals surface area contributed by atoms with Crippen LogP contribution in [0.15, 0.2) is 65.7 Å². The second-order valence-electron chi connectivity index (χ2n) is 7.40. The molecule has 0 bridgehead atoms. The number of benzene rings is 3. The number of aromatic nitrogens is 1. The lowest BCUT2D eigenvalue weighted by atomic mass is 10.1. The molecule has 0 aliphatic rings. The van der Waals surface area contributed by atoms with E-state index in [1.54, 1.807) is 30.3 Å². The number of aromatic hydroxyl groups is 2. The lowest BCUT2D eigenvalue weighted by Gasteiger charge is -2.11. The molecule has 0 unspecified atom stereocenters. The first-order chi connectivity index (χ1) is 14.6. The Morgan fingerprint density at radius 3 is 2.23 bits per heavy atom. The molecule has 4 nitrogen and oxygen atoms in total. The number of phenolic OH excluding ortho intramolecular Hbond substituents is 1. The molecule has 3 aromatic carbocycles. The molecule has 1 heterocycles. The molecule has 0 spiro atoms. The lowest BCUT2D eigenvalue weighted by molar-refractivity contribution is -0.137. The van der Waals surface area contributed by atoms with Crippen LogP contribution in [0.2, 0.25) is 0 Å². The second kappa shape index (κ2) is 7.50. The number of aliphatic imine (C=N–C) groups is 1. The van der Waals surface area contributed by atoms with Crippen LogP contribution in [0.4, 0.5) is 18.9 Å². The van der Waals surface area contributed by atoms with Gasteiger partial charge in [-0.2, -0.15) is 13.2 Å². The summed E-state index contributed by atoms with van der Waals surface area (Å²) < 4.78 is 41.5. The molecule has 4 aromatic rings. The topological polar surface area (TPSA) is 57.8 Å². The number of alkyl halides is 3. The number of para-hydroxylation sites is 2. The number of phenols is 1. The van der Waals surface area contributed by atoms with E-state index >= 15 is 0 Å². The first-order valence-electron chi connectivity index (χ1n) is 9.50. The van der Waals surface area contributed by atoms with Crippen LogP contribution in [0.1, 0.15) is 22.3 Å². The Hall–Kier alpha value is -3.74. The molecule has 0 aliphatic carbocycles. The van der Waals surface area contributed by atoms with Gasteiger partial charge in [0.15, 0.2) is 0 Å². The van der Waals surface area contributed by atoms with E-state index in [-0.39, 0.29) is 28.4 Å². The van der Waals surface area contributed by atoms with E-state index < -0.39 is 11.7 Å². The van der Waals surface area contributed by atoms with Crippen molar-refractivity contribution in [2.45, 2.75) is 20.0 Å². The largest absolute Gasteiger partial charge is 0.506 e. The Balaban J connectivity index is 1.99. The first kappa shape index (κ1) is 20.5. The third kappa shape index (κ3) is 3.86. The van der Waals surface area contributed by atoms with Crippen LogP contribution in [0.3, 0.4) is 0 Å². The van der Waals surface area contributed by atoms with E-state index in [0.29, 0.717) is 11.1 Å². The predicted octanol–water partition coefficient (Wildman–Crippen LogP) is 6.43. The van der Waals surface area contributed by atoms with Gasteiger partial charge in [0.05, 0.1) is 16.6 Å². The summed E-state index contributed by atoms with van der Waals surface area (Å²) in [4.78, 5) is 4.23. The highest BCUT2D eigenvalue weighted by Gasteiger charge is 2.31. The molecule has 31 heavy (non-hydrogen) atoms. The summed E-state index contributed by atoms with van der Waals surface area (Å²) in [5, 5.41) is 21.4. The number of rotatable bonds is 3. The van der Waals surface area contributed by atoms with E-state index in [1.807, 2.05) is 19.9 Å². The van der Waals surface area contributed by atoms with Crippen molar-refractivity contribution >= 4 is 22.8 Å². The molecule has 0 fully saturated rings. The zero-order valence-electron chi connectivity index (χ0n) is 16.8. The number of fused-ring (bicyclic) bond motifs is 1. The van der Waals surface area contributed by atoms with Gasteiger partial charge >= 0.3 is 6.18 Å². The van der Waals surface area contributed by atoms with Crippen LogP contribution in [-0.4, -0.2) is 21.0 Å². The number of aryl methyl sites for hydroxylation is 2. The molecule has 0 saturated heterocycles. The molecule has 158 valence electrons. The fraction of sp³-hybridized carbons (Fsp3) is 0.125. The second-order valence-corrected chi connectivity index (χ2v) is 7.40. The van der Waals surface area contributed by atoms with E-state index in [2.05, 4.69) is 4.99 Å². The van der Waals surface area contributed by atoms with Gasteiger partial charge in [-0.25, -0.2) is 0 Å². The maximum absolute atomic E-state index is 13.4. The number of nitrogens with zero attached hydrogens (tertiary/aromatic N) is 2. The molecule has 2 N–H and O–H groups in total. The van der Waals surface area contributed by atoms with Gasteiger partial charge in [0.25, 0.3) is 0 Å². The quantitative estimate of drug-likeness (QED) is 0.373. The molecule has 7 heteroatoms. The van der Waals surface area contributed by atoms with Crippen molar-refractivity contribution in [1.82, 2.24) is 4.57 Å². The summed E-state index contributed by atoms with van der Waals surface area (Å²) in [5.41, 5.74) is 2.29. The molecule has 0 saturated carbocycles. The van der Waals surface area contributed by atoms with Crippen molar-refractivity contribution < 1.29 is 23.4 Å². The van der Waals surface area contributed by atoms with E-state index in [4.69, 9.17) is 0 Å². The van der Waals surface area contributed by atoms with Crippen LogP contribution < -0.4 is 0 Å². The summed E-state index contributed by atoms with van der Waals surface area (Å²) in [5.74, 6) is -0.283. The maximum atomic E-state index is 13.4.